The number of ether oxygens (including phenoxy) is 1. The largest absolute Gasteiger partial charge is 0.386 e. The van der Waals surface area contributed by atoms with Gasteiger partial charge in [-0.2, -0.15) is 0 Å². The molecule has 0 aromatic rings. The van der Waals surface area contributed by atoms with Crippen molar-refractivity contribution in [3.05, 3.63) is 0 Å². The molecule has 1 amide bonds. The number of nitrogens with two attached hydrogens (primary N) is 1. The van der Waals surface area contributed by atoms with Crippen LogP contribution in [0.4, 0.5) is 0 Å². The average Bonchev–Trinajstić information content (AvgIpc) is 3.03. The minimum atomic E-state index is -0.812. The van der Waals surface area contributed by atoms with Gasteiger partial charge in [-0.3, -0.25) is 14.5 Å². The van der Waals surface area contributed by atoms with E-state index in [1.807, 2.05) is 18.9 Å². The molecule has 2 saturated heterocycles. The number of carbonyl (C=O) groups is 1. The van der Waals surface area contributed by atoms with E-state index < -0.39 is 12.4 Å². The number of hydrogen-bond acceptors (Lipinski definition) is 7. The number of aliphatic hydroxyl groups is 1. The first-order valence-electron chi connectivity index (χ1n) is 7.93. The van der Waals surface area contributed by atoms with Gasteiger partial charge in [-0.05, 0) is 39.8 Å². The second-order valence-electron chi connectivity index (χ2n) is 6.17. The lowest BCUT2D eigenvalue weighted by molar-refractivity contribution is -0.255. The van der Waals surface area contributed by atoms with Gasteiger partial charge in [0.2, 0.25) is 12.2 Å². The van der Waals surface area contributed by atoms with Crippen molar-refractivity contribution in [3.63, 3.8) is 0 Å². The van der Waals surface area contributed by atoms with Gasteiger partial charge in [-0.25, -0.2) is 5.90 Å². The van der Waals surface area contributed by atoms with Crippen LogP contribution in [0.15, 0.2) is 0 Å². The molecule has 2 fully saturated rings. The molecule has 0 spiro atoms. The molecule has 128 valence electrons. The molecule has 0 aromatic carbocycles. The van der Waals surface area contributed by atoms with Crippen molar-refractivity contribution in [3.8, 4) is 0 Å². The van der Waals surface area contributed by atoms with E-state index >= 15 is 0 Å². The Bertz CT molecular complexity index is 365. The van der Waals surface area contributed by atoms with Crippen LogP contribution in [-0.2, 0) is 14.4 Å². The zero-order valence-electron chi connectivity index (χ0n) is 13.3. The summed E-state index contributed by atoms with van der Waals surface area (Å²) >= 11 is 0. The van der Waals surface area contributed by atoms with E-state index in [4.69, 9.17) is 10.6 Å². The minimum Gasteiger partial charge on any atom is -0.386 e. The molecule has 0 aliphatic carbocycles. The van der Waals surface area contributed by atoms with Crippen LogP contribution in [0.3, 0.4) is 0 Å². The third kappa shape index (κ3) is 4.37. The average molecular weight is 316 g/mol. The minimum absolute atomic E-state index is 0.0401. The molecule has 22 heavy (non-hydrogen) atoms. The summed E-state index contributed by atoms with van der Waals surface area (Å²) in [4.78, 5) is 18.6. The van der Waals surface area contributed by atoms with Crippen LogP contribution < -0.4 is 16.5 Å². The molecular weight excluding hydrogens is 288 g/mol. The van der Waals surface area contributed by atoms with Crippen molar-refractivity contribution in [1.82, 2.24) is 15.5 Å². The van der Waals surface area contributed by atoms with Gasteiger partial charge in [0, 0.05) is 19.1 Å². The first kappa shape index (κ1) is 17.6. The predicted octanol–water partition coefficient (Wildman–Crippen LogP) is -1.46. The van der Waals surface area contributed by atoms with Crippen LogP contribution in [0.2, 0.25) is 0 Å². The van der Waals surface area contributed by atoms with Crippen molar-refractivity contribution >= 4 is 5.91 Å². The van der Waals surface area contributed by atoms with Gasteiger partial charge in [0.1, 0.15) is 6.10 Å². The third-order valence-corrected chi connectivity index (χ3v) is 4.45. The lowest BCUT2D eigenvalue weighted by atomic mass is 9.99. The number of rotatable bonds is 6. The molecule has 0 saturated carbocycles. The molecule has 2 aliphatic heterocycles. The Morgan fingerprint density at radius 1 is 1.59 bits per heavy atom. The van der Waals surface area contributed by atoms with Crippen molar-refractivity contribution in [2.75, 3.05) is 26.7 Å². The summed E-state index contributed by atoms with van der Waals surface area (Å²) in [5.74, 6) is 5.21. The molecule has 0 unspecified atom stereocenters. The topological polar surface area (TPSA) is 109 Å². The van der Waals surface area contributed by atoms with E-state index in [0.717, 1.165) is 19.4 Å². The Balaban J connectivity index is 1.75. The molecule has 8 heteroatoms. The van der Waals surface area contributed by atoms with Crippen molar-refractivity contribution in [2.24, 2.45) is 5.90 Å². The van der Waals surface area contributed by atoms with Crippen LogP contribution in [0.25, 0.3) is 0 Å². The summed E-state index contributed by atoms with van der Waals surface area (Å²) in [5, 5.41) is 16.3. The summed E-state index contributed by atoms with van der Waals surface area (Å²) in [6.45, 7) is 4.02. The highest BCUT2D eigenvalue weighted by Crippen LogP contribution is 2.23. The fourth-order valence-corrected chi connectivity index (χ4v) is 3.13. The zero-order valence-corrected chi connectivity index (χ0v) is 13.3. The SMILES string of the molecule is C[C@@H]1C[C@H](N(C)CCNC(=O)[C@H]2CCCN2)[C@@H](O)[C@H](ON)O1. The van der Waals surface area contributed by atoms with E-state index in [-0.39, 0.29) is 24.1 Å². The van der Waals surface area contributed by atoms with Crippen molar-refractivity contribution in [1.29, 1.82) is 0 Å². The van der Waals surface area contributed by atoms with Crippen LogP contribution in [0.5, 0.6) is 0 Å². The van der Waals surface area contributed by atoms with Gasteiger partial charge in [-0.1, -0.05) is 0 Å². The molecule has 0 aromatic heterocycles. The molecule has 2 aliphatic rings. The standard InChI is InChI=1S/C14H28N4O4/c1-9-8-11(12(19)14(21-9)22-15)18(2)7-6-17-13(20)10-4-3-5-16-10/h9-12,14,16,19H,3-8,15H2,1-2H3,(H,17,20)/t9-,10-,11+,12-,14+/m1/s1. The maximum Gasteiger partial charge on any atom is 0.237 e. The molecule has 5 N–H and O–H groups in total. The fourth-order valence-electron chi connectivity index (χ4n) is 3.13. The third-order valence-electron chi connectivity index (χ3n) is 4.45. The highest BCUT2D eigenvalue weighted by molar-refractivity contribution is 5.81. The van der Waals surface area contributed by atoms with Crippen LogP contribution >= 0.6 is 0 Å². The number of nitrogens with one attached hydrogen (secondary N) is 2. The summed E-state index contributed by atoms with van der Waals surface area (Å²) < 4.78 is 5.44. The number of hydrogen-bond donors (Lipinski definition) is 4. The molecule has 0 radical (unpaired) electrons. The normalized spacial score (nSPS) is 35.8. The lowest BCUT2D eigenvalue weighted by Gasteiger charge is -2.41. The second-order valence-corrected chi connectivity index (χ2v) is 6.17. The maximum absolute atomic E-state index is 11.9. The summed E-state index contributed by atoms with van der Waals surface area (Å²) in [6.07, 6.45) is 0.974. The molecule has 2 rings (SSSR count). The highest BCUT2D eigenvalue weighted by Gasteiger charge is 2.38. The van der Waals surface area contributed by atoms with E-state index in [1.54, 1.807) is 0 Å². The maximum atomic E-state index is 11.9. The Morgan fingerprint density at radius 2 is 2.36 bits per heavy atom. The summed E-state index contributed by atoms with van der Waals surface area (Å²) in [6, 6.07) is -0.173. The first-order valence-corrected chi connectivity index (χ1v) is 7.93. The Hall–Kier alpha value is -0.770. The summed E-state index contributed by atoms with van der Waals surface area (Å²) in [7, 11) is 1.92. The lowest BCUT2D eigenvalue weighted by Crippen LogP contribution is -2.56. The molecule has 2 heterocycles. The second kappa shape index (κ2) is 8.19. The van der Waals surface area contributed by atoms with Gasteiger partial charge in [0.05, 0.1) is 12.1 Å². The highest BCUT2D eigenvalue weighted by atomic mass is 16.8. The van der Waals surface area contributed by atoms with Crippen LogP contribution in [0, 0.1) is 0 Å². The Morgan fingerprint density at radius 3 is 3.00 bits per heavy atom. The zero-order chi connectivity index (χ0) is 16.1. The van der Waals surface area contributed by atoms with E-state index in [2.05, 4.69) is 15.5 Å². The van der Waals surface area contributed by atoms with Gasteiger partial charge >= 0.3 is 0 Å². The van der Waals surface area contributed by atoms with E-state index in [0.29, 0.717) is 19.5 Å². The molecule has 0 bridgehead atoms. The van der Waals surface area contributed by atoms with E-state index in [1.165, 1.54) is 0 Å². The smallest absolute Gasteiger partial charge is 0.237 e. The van der Waals surface area contributed by atoms with E-state index in [9.17, 15) is 9.90 Å². The molecule has 5 atom stereocenters. The number of carbonyl (C=O) groups excluding carboxylic acids is 1. The number of nitrogens with zero attached hydrogens (tertiary/aromatic N) is 1. The molecular formula is C14H28N4O4. The fraction of sp³-hybridized carbons (Fsp3) is 0.929. The quantitative estimate of drug-likeness (QED) is 0.444. The Labute approximate surface area is 131 Å². The van der Waals surface area contributed by atoms with Crippen molar-refractivity contribution in [2.45, 2.75) is 56.8 Å². The number of aliphatic hydroxyl groups excluding tert-OH is 1. The van der Waals surface area contributed by atoms with Gasteiger partial charge in [-0.15, -0.1) is 0 Å². The Kier molecular flexibility index (Phi) is 6.54. The van der Waals surface area contributed by atoms with Crippen LogP contribution in [0.1, 0.15) is 26.2 Å². The van der Waals surface area contributed by atoms with Gasteiger partial charge < -0.3 is 20.5 Å². The predicted molar refractivity (Wildman–Crippen MR) is 80.7 cm³/mol. The van der Waals surface area contributed by atoms with Crippen LogP contribution in [-0.4, -0.2) is 73.2 Å². The van der Waals surface area contributed by atoms with Crippen molar-refractivity contribution < 1.29 is 19.5 Å². The number of likely N-dealkylation sites (N-methyl/N-ethyl adjacent to an activating group) is 1. The summed E-state index contributed by atoms with van der Waals surface area (Å²) in [5.41, 5.74) is 0. The molecule has 8 nitrogen and oxygen atoms in total. The monoisotopic (exact) mass is 316 g/mol. The number of amides is 1. The van der Waals surface area contributed by atoms with Gasteiger partial charge in [0.15, 0.2) is 0 Å². The first-order chi connectivity index (χ1) is 10.5. The van der Waals surface area contributed by atoms with Gasteiger partial charge in [0.25, 0.3) is 0 Å².